The van der Waals surface area contributed by atoms with Gasteiger partial charge in [-0.3, -0.25) is 4.79 Å². The van der Waals surface area contributed by atoms with Gasteiger partial charge in [-0.15, -0.1) is 0 Å². The first-order valence-corrected chi connectivity index (χ1v) is 5.96. The summed E-state index contributed by atoms with van der Waals surface area (Å²) in [5.74, 6) is 0.0201. The Hall–Kier alpha value is -0.910. The Bertz CT molecular complexity index is 393. The third-order valence-electron chi connectivity index (χ3n) is 2.48. The molecule has 0 aliphatic heterocycles. The third kappa shape index (κ3) is 4.11. The highest BCUT2D eigenvalue weighted by Crippen LogP contribution is 2.15. The van der Waals surface area contributed by atoms with Crippen molar-refractivity contribution in [2.24, 2.45) is 11.7 Å². The summed E-state index contributed by atoms with van der Waals surface area (Å²) < 4.78 is 0. The van der Waals surface area contributed by atoms with E-state index in [1.165, 1.54) is 6.07 Å². The van der Waals surface area contributed by atoms with E-state index in [9.17, 15) is 4.79 Å². The molecule has 1 rings (SSSR count). The number of aromatic nitrogens is 2. The van der Waals surface area contributed by atoms with E-state index in [4.69, 9.17) is 28.9 Å². The van der Waals surface area contributed by atoms with E-state index in [0.29, 0.717) is 0 Å². The molecule has 94 valence electrons. The average Bonchev–Trinajstić information content (AvgIpc) is 2.25. The zero-order valence-electron chi connectivity index (χ0n) is 9.58. The number of nitrogens with zero attached hydrogens (tertiary/aromatic N) is 2. The van der Waals surface area contributed by atoms with Crippen molar-refractivity contribution in [3.8, 4) is 0 Å². The van der Waals surface area contributed by atoms with Gasteiger partial charge in [-0.2, -0.15) is 0 Å². The molecule has 0 saturated carbocycles. The van der Waals surface area contributed by atoms with Crippen molar-refractivity contribution in [1.29, 1.82) is 0 Å². The van der Waals surface area contributed by atoms with Crippen LogP contribution in [0.15, 0.2) is 6.07 Å². The van der Waals surface area contributed by atoms with Crippen LogP contribution in [0.3, 0.4) is 0 Å². The van der Waals surface area contributed by atoms with Crippen molar-refractivity contribution >= 4 is 34.9 Å². The van der Waals surface area contributed by atoms with Gasteiger partial charge in [0.1, 0.15) is 11.0 Å². The first kappa shape index (κ1) is 14.2. The molecule has 0 fully saturated rings. The summed E-state index contributed by atoms with van der Waals surface area (Å²) in [5, 5.41) is 2.70. The topological polar surface area (TPSA) is 80.9 Å². The Balaban J connectivity index is 2.74. The van der Waals surface area contributed by atoms with Crippen molar-refractivity contribution in [2.75, 3.05) is 5.32 Å². The molecule has 2 atom stereocenters. The summed E-state index contributed by atoms with van der Waals surface area (Å²) in [7, 11) is 0. The Morgan fingerprint density at radius 2 is 2.18 bits per heavy atom. The molecule has 7 heteroatoms. The van der Waals surface area contributed by atoms with Crippen LogP contribution in [0.25, 0.3) is 0 Å². The molecular formula is C10H14Cl2N4O. The SMILES string of the molecule is CCC(C)[C@H](N)C(=O)Nc1cc(Cl)nc(Cl)n1. The van der Waals surface area contributed by atoms with Gasteiger partial charge in [-0.05, 0) is 17.5 Å². The van der Waals surface area contributed by atoms with Crippen molar-refractivity contribution < 1.29 is 4.79 Å². The molecule has 5 nitrogen and oxygen atoms in total. The Labute approximate surface area is 110 Å². The van der Waals surface area contributed by atoms with Crippen LogP contribution in [0, 0.1) is 5.92 Å². The molecule has 0 saturated heterocycles. The second-order valence-corrected chi connectivity index (χ2v) is 4.47. The van der Waals surface area contributed by atoms with Gasteiger partial charge in [0.2, 0.25) is 11.2 Å². The lowest BCUT2D eigenvalue weighted by Crippen LogP contribution is -2.40. The monoisotopic (exact) mass is 276 g/mol. The van der Waals surface area contributed by atoms with Gasteiger partial charge in [-0.1, -0.05) is 31.9 Å². The molecule has 0 bridgehead atoms. The zero-order valence-corrected chi connectivity index (χ0v) is 11.1. The summed E-state index contributed by atoms with van der Waals surface area (Å²) in [5.41, 5.74) is 5.77. The summed E-state index contributed by atoms with van der Waals surface area (Å²) in [6.07, 6.45) is 0.819. The normalized spacial score (nSPS) is 14.2. The van der Waals surface area contributed by atoms with Gasteiger partial charge in [0, 0.05) is 6.07 Å². The van der Waals surface area contributed by atoms with Gasteiger partial charge in [0.05, 0.1) is 6.04 Å². The number of anilines is 1. The second-order valence-electron chi connectivity index (χ2n) is 3.75. The molecule has 0 aliphatic rings. The standard InChI is InChI=1S/C10H14Cl2N4O/c1-3-5(2)8(13)9(17)15-7-4-6(11)14-10(12)16-7/h4-5,8H,3,13H2,1-2H3,(H,14,15,16,17)/t5?,8-/m0/s1. The molecule has 3 N–H and O–H groups in total. The number of carbonyl (C=O) groups excluding carboxylic acids is 1. The maximum absolute atomic E-state index is 11.8. The van der Waals surface area contributed by atoms with E-state index in [0.717, 1.165) is 6.42 Å². The molecule has 1 aromatic heterocycles. The number of amides is 1. The minimum Gasteiger partial charge on any atom is -0.320 e. The first-order chi connectivity index (χ1) is 7.93. The number of hydrogen-bond acceptors (Lipinski definition) is 4. The largest absolute Gasteiger partial charge is 0.320 e. The van der Waals surface area contributed by atoms with E-state index in [1.54, 1.807) is 0 Å². The van der Waals surface area contributed by atoms with Crippen LogP contribution in [-0.2, 0) is 4.79 Å². The zero-order chi connectivity index (χ0) is 13.0. The minimum atomic E-state index is -0.590. The number of nitrogens with one attached hydrogen (secondary N) is 1. The predicted octanol–water partition coefficient (Wildman–Crippen LogP) is 2.10. The summed E-state index contributed by atoms with van der Waals surface area (Å²) in [6.45, 7) is 3.88. The van der Waals surface area contributed by atoms with E-state index in [1.807, 2.05) is 13.8 Å². The van der Waals surface area contributed by atoms with Gasteiger partial charge in [0.15, 0.2) is 0 Å². The van der Waals surface area contributed by atoms with Crippen LogP contribution >= 0.6 is 23.2 Å². The molecule has 0 radical (unpaired) electrons. The van der Waals surface area contributed by atoms with Gasteiger partial charge >= 0.3 is 0 Å². The first-order valence-electron chi connectivity index (χ1n) is 5.20. The van der Waals surface area contributed by atoms with Crippen molar-refractivity contribution in [2.45, 2.75) is 26.3 Å². The third-order valence-corrected chi connectivity index (χ3v) is 2.84. The lowest BCUT2D eigenvalue weighted by atomic mass is 9.99. The van der Waals surface area contributed by atoms with Crippen molar-refractivity contribution in [3.63, 3.8) is 0 Å². The fraction of sp³-hybridized carbons (Fsp3) is 0.500. The predicted molar refractivity (Wildman–Crippen MR) is 68.1 cm³/mol. The molecule has 1 heterocycles. The number of hydrogen-bond donors (Lipinski definition) is 2. The van der Waals surface area contributed by atoms with Gasteiger partial charge < -0.3 is 11.1 Å². The smallest absolute Gasteiger partial charge is 0.242 e. The Morgan fingerprint density at radius 1 is 1.53 bits per heavy atom. The fourth-order valence-corrected chi connectivity index (χ4v) is 1.58. The van der Waals surface area contributed by atoms with Gasteiger partial charge in [0.25, 0.3) is 0 Å². The lowest BCUT2D eigenvalue weighted by Gasteiger charge is -2.17. The van der Waals surface area contributed by atoms with Crippen LogP contribution in [0.5, 0.6) is 0 Å². The molecule has 17 heavy (non-hydrogen) atoms. The van der Waals surface area contributed by atoms with E-state index in [-0.39, 0.29) is 28.1 Å². The highest BCUT2D eigenvalue weighted by atomic mass is 35.5. The van der Waals surface area contributed by atoms with Crippen LogP contribution in [-0.4, -0.2) is 21.9 Å². The summed E-state index contributed by atoms with van der Waals surface area (Å²) in [6, 6.07) is 0.821. The highest BCUT2D eigenvalue weighted by molar-refractivity contribution is 6.32. The number of halogens is 2. The average molecular weight is 277 g/mol. The Morgan fingerprint density at radius 3 is 2.71 bits per heavy atom. The quantitative estimate of drug-likeness (QED) is 0.652. The van der Waals surface area contributed by atoms with E-state index >= 15 is 0 Å². The van der Waals surface area contributed by atoms with Crippen molar-refractivity contribution in [3.05, 3.63) is 16.5 Å². The molecule has 1 unspecified atom stereocenters. The second kappa shape index (κ2) is 6.14. The van der Waals surface area contributed by atoms with Crippen LogP contribution in [0.4, 0.5) is 5.82 Å². The molecule has 0 spiro atoms. The van der Waals surface area contributed by atoms with E-state index in [2.05, 4.69) is 15.3 Å². The highest BCUT2D eigenvalue weighted by Gasteiger charge is 2.20. The van der Waals surface area contributed by atoms with Crippen LogP contribution in [0.2, 0.25) is 10.4 Å². The lowest BCUT2D eigenvalue weighted by molar-refractivity contribution is -0.118. The molecule has 1 amide bonds. The number of nitrogens with two attached hydrogens (primary N) is 1. The molecule has 0 aliphatic carbocycles. The molecule has 1 aromatic rings. The van der Waals surface area contributed by atoms with E-state index < -0.39 is 6.04 Å². The summed E-state index contributed by atoms with van der Waals surface area (Å²) >= 11 is 11.3. The minimum absolute atomic E-state index is 0.0232. The van der Waals surface area contributed by atoms with Crippen LogP contribution < -0.4 is 11.1 Å². The molecular weight excluding hydrogens is 263 g/mol. The summed E-state index contributed by atoms with van der Waals surface area (Å²) in [4.78, 5) is 19.3. The number of carbonyl (C=O) groups is 1. The maximum Gasteiger partial charge on any atom is 0.242 e. The van der Waals surface area contributed by atoms with Crippen LogP contribution in [0.1, 0.15) is 20.3 Å². The Kier molecular flexibility index (Phi) is 5.11. The van der Waals surface area contributed by atoms with Crippen molar-refractivity contribution in [1.82, 2.24) is 9.97 Å². The number of rotatable bonds is 4. The van der Waals surface area contributed by atoms with Gasteiger partial charge in [-0.25, -0.2) is 9.97 Å². The molecule has 0 aromatic carbocycles. The maximum atomic E-state index is 11.8. The fourth-order valence-electron chi connectivity index (χ4n) is 1.18.